The van der Waals surface area contributed by atoms with E-state index in [0.717, 1.165) is 29.8 Å². The SMILES string of the molecule is C[C@H](CO)N1C[C@H](C)[C@H](CN(C)Cc2ccc(C(=O)O)cc2)Oc2c(NS(=O)(=O)c3ccc(F)cc3)cccc2C1=O. The zero-order chi connectivity index (χ0) is 30.6. The van der Waals surface area contributed by atoms with Crippen LogP contribution in [0, 0.1) is 11.7 Å². The molecule has 42 heavy (non-hydrogen) atoms. The number of aliphatic hydroxyl groups excluding tert-OH is 1. The number of sulfonamides is 1. The van der Waals surface area contributed by atoms with Crippen LogP contribution in [0.5, 0.6) is 5.75 Å². The van der Waals surface area contributed by atoms with Crippen LogP contribution in [0.25, 0.3) is 0 Å². The number of anilines is 1. The lowest BCUT2D eigenvalue weighted by atomic mass is 9.99. The van der Waals surface area contributed by atoms with E-state index in [1.807, 2.05) is 18.9 Å². The maximum absolute atomic E-state index is 13.7. The molecule has 224 valence electrons. The number of hydrogen-bond donors (Lipinski definition) is 3. The van der Waals surface area contributed by atoms with Crippen LogP contribution < -0.4 is 9.46 Å². The monoisotopic (exact) mass is 599 g/mol. The summed E-state index contributed by atoms with van der Waals surface area (Å²) in [5, 5.41) is 19.1. The first-order valence-electron chi connectivity index (χ1n) is 13.4. The summed E-state index contributed by atoms with van der Waals surface area (Å²) in [6.45, 7) is 4.54. The minimum Gasteiger partial charge on any atom is -0.486 e. The van der Waals surface area contributed by atoms with Crippen molar-refractivity contribution in [2.75, 3.05) is 31.5 Å². The van der Waals surface area contributed by atoms with Crippen molar-refractivity contribution in [2.24, 2.45) is 5.92 Å². The van der Waals surface area contributed by atoms with Gasteiger partial charge in [0.1, 0.15) is 11.9 Å². The van der Waals surface area contributed by atoms with Crippen molar-refractivity contribution >= 4 is 27.6 Å². The number of carbonyl (C=O) groups excluding carboxylic acids is 1. The van der Waals surface area contributed by atoms with Gasteiger partial charge in [-0.2, -0.15) is 0 Å². The van der Waals surface area contributed by atoms with Crippen LogP contribution in [0.4, 0.5) is 10.1 Å². The molecule has 1 amide bonds. The van der Waals surface area contributed by atoms with Crippen molar-refractivity contribution in [3.05, 3.63) is 89.2 Å². The van der Waals surface area contributed by atoms with Gasteiger partial charge in [0, 0.05) is 25.6 Å². The molecular formula is C30H34FN3O7S. The molecule has 0 spiro atoms. The van der Waals surface area contributed by atoms with Gasteiger partial charge in [-0.1, -0.05) is 25.1 Å². The third kappa shape index (κ3) is 7.07. The molecule has 0 fully saturated rings. The van der Waals surface area contributed by atoms with Crippen molar-refractivity contribution in [3.8, 4) is 5.75 Å². The Kier molecular flexibility index (Phi) is 9.50. The number of benzene rings is 3. The molecule has 3 aromatic rings. The Hall–Kier alpha value is -4.00. The Balaban J connectivity index is 1.67. The van der Waals surface area contributed by atoms with E-state index in [2.05, 4.69) is 4.72 Å². The molecule has 0 aliphatic carbocycles. The van der Waals surface area contributed by atoms with E-state index < -0.39 is 39.9 Å². The van der Waals surface area contributed by atoms with Gasteiger partial charge >= 0.3 is 5.97 Å². The highest BCUT2D eigenvalue weighted by atomic mass is 32.2. The normalized spacial score (nSPS) is 18.0. The summed E-state index contributed by atoms with van der Waals surface area (Å²) in [4.78, 5) is 28.3. The summed E-state index contributed by atoms with van der Waals surface area (Å²) >= 11 is 0. The van der Waals surface area contributed by atoms with Crippen LogP contribution in [0.15, 0.2) is 71.6 Å². The fourth-order valence-electron chi connectivity index (χ4n) is 4.80. The quantitative estimate of drug-likeness (QED) is 0.321. The molecule has 12 heteroatoms. The number of nitrogens with one attached hydrogen (secondary N) is 1. The van der Waals surface area contributed by atoms with Gasteiger partial charge in [-0.05, 0) is 68.1 Å². The zero-order valence-electron chi connectivity index (χ0n) is 23.5. The molecule has 0 saturated heterocycles. The molecular weight excluding hydrogens is 565 g/mol. The number of carbonyl (C=O) groups is 2. The smallest absolute Gasteiger partial charge is 0.335 e. The maximum atomic E-state index is 13.7. The van der Waals surface area contributed by atoms with Gasteiger partial charge in [0.15, 0.2) is 5.75 Å². The number of aromatic carboxylic acids is 1. The van der Waals surface area contributed by atoms with E-state index in [1.54, 1.807) is 30.0 Å². The number of para-hydroxylation sites is 1. The van der Waals surface area contributed by atoms with Crippen molar-refractivity contribution in [2.45, 2.75) is 37.4 Å². The predicted molar refractivity (Wildman–Crippen MR) is 155 cm³/mol. The lowest BCUT2D eigenvalue weighted by Gasteiger charge is -2.38. The summed E-state index contributed by atoms with van der Waals surface area (Å²) in [5.74, 6) is -2.17. The van der Waals surface area contributed by atoms with Crippen LogP contribution in [0.3, 0.4) is 0 Å². The van der Waals surface area contributed by atoms with E-state index in [1.165, 1.54) is 24.3 Å². The summed E-state index contributed by atoms with van der Waals surface area (Å²) in [7, 11) is -2.28. The average molecular weight is 600 g/mol. The van der Waals surface area contributed by atoms with Gasteiger partial charge in [0.05, 0.1) is 34.4 Å². The van der Waals surface area contributed by atoms with E-state index in [9.17, 15) is 32.6 Å². The summed E-state index contributed by atoms with van der Waals surface area (Å²) in [6, 6.07) is 15.0. The fourth-order valence-corrected chi connectivity index (χ4v) is 5.86. The molecule has 3 aromatic carbocycles. The lowest BCUT2D eigenvalue weighted by molar-refractivity contribution is 0.0343. The second-order valence-corrected chi connectivity index (χ2v) is 12.2. The van der Waals surface area contributed by atoms with Crippen molar-refractivity contribution < 1.29 is 37.3 Å². The number of rotatable bonds is 10. The van der Waals surface area contributed by atoms with Crippen molar-refractivity contribution in [1.29, 1.82) is 0 Å². The molecule has 0 aromatic heterocycles. The van der Waals surface area contributed by atoms with Gasteiger partial charge in [0.25, 0.3) is 15.9 Å². The number of nitrogens with zero attached hydrogens (tertiary/aromatic N) is 2. The fraction of sp³-hybridized carbons (Fsp3) is 0.333. The molecule has 10 nitrogen and oxygen atoms in total. The summed E-state index contributed by atoms with van der Waals surface area (Å²) in [6.07, 6.45) is -0.509. The molecule has 4 rings (SSSR count). The van der Waals surface area contributed by atoms with Crippen LogP contribution in [0.1, 0.15) is 40.1 Å². The topological polar surface area (TPSA) is 136 Å². The number of hydrogen-bond acceptors (Lipinski definition) is 7. The molecule has 0 bridgehead atoms. The first kappa shape index (κ1) is 30.9. The Morgan fingerprint density at radius 2 is 1.81 bits per heavy atom. The Morgan fingerprint density at radius 1 is 1.14 bits per heavy atom. The molecule has 1 aliphatic rings. The highest BCUT2D eigenvalue weighted by Crippen LogP contribution is 2.36. The molecule has 0 unspecified atom stereocenters. The van der Waals surface area contributed by atoms with Crippen LogP contribution >= 0.6 is 0 Å². The molecule has 1 aliphatic heterocycles. The van der Waals surface area contributed by atoms with Gasteiger partial charge in [-0.25, -0.2) is 17.6 Å². The molecule has 1 heterocycles. The average Bonchev–Trinajstić information content (AvgIpc) is 2.95. The lowest BCUT2D eigenvalue weighted by Crippen LogP contribution is -2.49. The summed E-state index contributed by atoms with van der Waals surface area (Å²) < 4.78 is 48.8. The standard InChI is InChI=1S/C30H34FN3O7S/c1-19-15-34(20(2)18-35)29(36)25-5-4-6-26(32-42(39,40)24-13-11-23(31)12-14-24)28(25)41-27(19)17-33(3)16-21-7-9-22(10-8-21)30(37)38/h4-14,19-20,27,32,35H,15-18H2,1-3H3,(H,37,38)/t19-,20+,27-/m0/s1. The van der Waals surface area contributed by atoms with E-state index in [-0.39, 0.29) is 46.5 Å². The second kappa shape index (κ2) is 12.9. The largest absolute Gasteiger partial charge is 0.486 e. The third-order valence-electron chi connectivity index (χ3n) is 7.20. The Labute approximate surface area is 244 Å². The molecule has 3 atom stereocenters. The first-order valence-corrected chi connectivity index (χ1v) is 14.9. The maximum Gasteiger partial charge on any atom is 0.335 e. The highest BCUT2D eigenvalue weighted by Gasteiger charge is 2.35. The van der Waals surface area contributed by atoms with E-state index >= 15 is 0 Å². The number of aliphatic hydroxyl groups is 1. The van der Waals surface area contributed by atoms with Gasteiger partial charge in [-0.15, -0.1) is 0 Å². The third-order valence-corrected chi connectivity index (χ3v) is 8.59. The van der Waals surface area contributed by atoms with Crippen LogP contribution in [-0.4, -0.2) is 79.2 Å². The first-order chi connectivity index (χ1) is 19.9. The molecule has 3 N–H and O–H groups in total. The number of halogens is 1. The number of fused-ring (bicyclic) bond motifs is 1. The number of likely N-dealkylation sites (N-methyl/N-ethyl adjacent to an activating group) is 1. The number of carboxylic acids is 1. The molecule has 0 saturated carbocycles. The Morgan fingerprint density at radius 3 is 2.43 bits per heavy atom. The summed E-state index contributed by atoms with van der Waals surface area (Å²) in [5.41, 5.74) is 1.26. The van der Waals surface area contributed by atoms with Gasteiger partial charge in [-0.3, -0.25) is 14.4 Å². The van der Waals surface area contributed by atoms with Crippen LogP contribution in [0.2, 0.25) is 0 Å². The van der Waals surface area contributed by atoms with Crippen molar-refractivity contribution in [1.82, 2.24) is 9.80 Å². The number of amides is 1. The number of carboxylic acid groups (broad SMARTS) is 1. The number of ether oxygens (including phenoxy) is 1. The van der Waals surface area contributed by atoms with Crippen molar-refractivity contribution in [3.63, 3.8) is 0 Å². The minimum absolute atomic E-state index is 0.0489. The highest BCUT2D eigenvalue weighted by molar-refractivity contribution is 7.92. The zero-order valence-corrected chi connectivity index (χ0v) is 24.3. The van der Waals surface area contributed by atoms with E-state index in [4.69, 9.17) is 4.74 Å². The van der Waals surface area contributed by atoms with Crippen LogP contribution in [-0.2, 0) is 16.6 Å². The second-order valence-electron chi connectivity index (χ2n) is 10.6. The minimum atomic E-state index is -4.15. The molecule has 0 radical (unpaired) electrons. The predicted octanol–water partition coefficient (Wildman–Crippen LogP) is 3.68. The van der Waals surface area contributed by atoms with Gasteiger partial charge < -0.3 is 19.8 Å². The van der Waals surface area contributed by atoms with E-state index in [0.29, 0.717) is 13.1 Å². The van der Waals surface area contributed by atoms with Gasteiger partial charge in [0.2, 0.25) is 0 Å². The Bertz CT molecular complexity index is 1530.